The highest BCUT2D eigenvalue weighted by Crippen LogP contribution is 2.28. The average molecular weight is 353 g/mol. The zero-order valence-corrected chi connectivity index (χ0v) is 13.9. The van der Waals surface area contributed by atoms with Crippen LogP contribution in [0.4, 0.5) is 11.4 Å². The second kappa shape index (κ2) is 7.38. The van der Waals surface area contributed by atoms with E-state index in [0.29, 0.717) is 10.2 Å². The summed E-state index contributed by atoms with van der Waals surface area (Å²) in [6.45, 7) is 3.68. The van der Waals surface area contributed by atoms with Crippen LogP contribution < -0.4 is 5.32 Å². The molecule has 1 amide bonds. The second-order valence-corrected chi connectivity index (χ2v) is 6.07. The highest BCUT2D eigenvalue weighted by molar-refractivity contribution is 7.99. The summed E-state index contributed by atoms with van der Waals surface area (Å²) in [5, 5.41) is 14.2. The van der Waals surface area contributed by atoms with Crippen LogP contribution in [-0.2, 0) is 4.79 Å². The summed E-state index contributed by atoms with van der Waals surface area (Å²) in [7, 11) is 0. The van der Waals surface area contributed by atoms with Crippen LogP contribution in [0.3, 0.4) is 0 Å². The number of nitro benzene ring substituents is 1. The van der Waals surface area contributed by atoms with E-state index in [1.807, 2.05) is 19.9 Å². The minimum absolute atomic E-state index is 0.0343. The molecule has 2 aromatic rings. The normalized spacial score (nSPS) is 10.4. The van der Waals surface area contributed by atoms with Gasteiger partial charge in [0.25, 0.3) is 5.69 Å². The van der Waals surface area contributed by atoms with Gasteiger partial charge in [0.15, 0.2) is 5.16 Å². The van der Waals surface area contributed by atoms with Gasteiger partial charge in [-0.1, -0.05) is 23.4 Å². The summed E-state index contributed by atoms with van der Waals surface area (Å²) >= 11 is 6.97. The fourth-order valence-electron chi connectivity index (χ4n) is 1.84. The lowest BCUT2D eigenvalue weighted by atomic mass is 10.2. The molecule has 0 radical (unpaired) electrons. The van der Waals surface area contributed by atoms with Gasteiger partial charge in [0.05, 0.1) is 10.7 Å². The van der Waals surface area contributed by atoms with Crippen LogP contribution in [-0.4, -0.2) is 26.6 Å². The third kappa shape index (κ3) is 4.90. The first-order valence-electron chi connectivity index (χ1n) is 6.54. The molecule has 1 heterocycles. The number of halogens is 1. The van der Waals surface area contributed by atoms with E-state index in [2.05, 4.69) is 15.3 Å². The molecule has 0 spiro atoms. The van der Waals surface area contributed by atoms with Gasteiger partial charge in [0.2, 0.25) is 5.91 Å². The number of carbonyl (C=O) groups is 1. The van der Waals surface area contributed by atoms with E-state index in [1.165, 1.54) is 18.2 Å². The van der Waals surface area contributed by atoms with Crippen LogP contribution in [0.2, 0.25) is 5.02 Å². The number of aromatic nitrogens is 2. The van der Waals surface area contributed by atoms with Gasteiger partial charge in [-0.3, -0.25) is 14.9 Å². The number of nitrogens with one attached hydrogen (secondary N) is 1. The number of nitrogens with zero attached hydrogens (tertiary/aromatic N) is 3. The molecule has 0 saturated heterocycles. The monoisotopic (exact) mass is 352 g/mol. The lowest BCUT2D eigenvalue weighted by molar-refractivity contribution is -0.383. The number of rotatable bonds is 5. The largest absolute Gasteiger partial charge is 0.320 e. The first kappa shape index (κ1) is 17.2. The van der Waals surface area contributed by atoms with Crippen LogP contribution in [0.25, 0.3) is 0 Å². The average Bonchev–Trinajstić information content (AvgIpc) is 2.44. The van der Waals surface area contributed by atoms with E-state index in [4.69, 9.17) is 11.6 Å². The molecular weight excluding hydrogens is 340 g/mol. The van der Waals surface area contributed by atoms with Crippen molar-refractivity contribution in [2.75, 3.05) is 11.1 Å². The molecule has 9 heteroatoms. The number of hydrogen-bond donors (Lipinski definition) is 1. The van der Waals surface area contributed by atoms with Crippen molar-refractivity contribution in [1.82, 2.24) is 9.97 Å². The van der Waals surface area contributed by atoms with E-state index in [9.17, 15) is 14.9 Å². The van der Waals surface area contributed by atoms with Gasteiger partial charge >= 0.3 is 0 Å². The highest BCUT2D eigenvalue weighted by Gasteiger charge is 2.16. The number of hydrogen-bond acceptors (Lipinski definition) is 6. The number of benzene rings is 1. The number of thioether (sulfide) groups is 1. The van der Waals surface area contributed by atoms with Crippen LogP contribution in [0.5, 0.6) is 0 Å². The zero-order chi connectivity index (χ0) is 17.0. The molecular formula is C14H13ClN4O3S. The number of carbonyl (C=O) groups excluding carboxylic acids is 1. The van der Waals surface area contributed by atoms with Crippen molar-refractivity contribution < 1.29 is 9.72 Å². The molecule has 0 aliphatic carbocycles. The molecule has 23 heavy (non-hydrogen) atoms. The zero-order valence-electron chi connectivity index (χ0n) is 12.4. The molecule has 0 unspecified atom stereocenters. The third-order valence-corrected chi connectivity index (χ3v) is 3.81. The SMILES string of the molecule is Cc1cc(C)nc(SCC(=O)Nc2cc(Cl)ccc2[N+](=O)[O-])n1. The molecule has 0 aliphatic rings. The number of aryl methyl sites for hydroxylation is 2. The van der Waals surface area contributed by atoms with Gasteiger partial charge in [-0.05, 0) is 32.0 Å². The number of amides is 1. The fraction of sp³-hybridized carbons (Fsp3) is 0.214. The maximum atomic E-state index is 12.0. The van der Waals surface area contributed by atoms with Crippen molar-refractivity contribution in [2.45, 2.75) is 19.0 Å². The Morgan fingerprint density at radius 3 is 2.57 bits per heavy atom. The number of anilines is 1. The summed E-state index contributed by atoms with van der Waals surface area (Å²) in [5.74, 6) is -0.366. The van der Waals surface area contributed by atoms with E-state index in [0.717, 1.165) is 23.1 Å². The van der Waals surface area contributed by atoms with Crippen LogP contribution in [0, 0.1) is 24.0 Å². The molecule has 0 fully saturated rings. The van der Waals surface area contributed by atoms with Gasteiger partial charge in [-0.25, -0.2) is 9.97 Å². The molecule has 0 saturated carbocycles. The minimum Gasteiger partial charge on any atom is -0.320 e. The molecule has 0 atom stereocenters. The quantitative estimate of drug-likeness (QED) is 0.383. The first-order chi connectivity index (χ1) is 10.8. The first-order valence-corrected chi connectivity index (χ1v) is 7.90. The van der Waals surface area contributed by atoms with Crippen molar-refractivity contribution in [1.29, 1.82) is 0 Å². The van der Waals surface area contributed by atoms with Gasteiger partial charge in [-0.2, -0.15) is 0 Å². The van der Waals surface area contributed by atoms with Crippen LogP contribution in [0.1, 0.15) is 11.4 Å². The highest BCUT2D eigenvalue weighted by atomic mass is 35.5. The summed E-state index contributed by atoms with van der Waals surface area (Å²) in [6, 6.07) is 5.82. The van der Waals surface area contributed by atoms with Gasteiger partial charge in [0.1, 0.15) is 5.69 Å². The Morgan fingerprint density at radius 2 is 1.96 bits per heavy atom. The smallest absolute Gasteiger partial charge is 0.292 e. The molecule has 120 valence electrons. The van der Waals surface area contributed by atoms with Crippen LogP contribution in [0.15, 0.2) is 29.4 Å². The topological polar surface area (TPSA) is 98.0 Å². The van der Waals surface area contributed by atoms with Crippen molar-refractivity contribution >= 4 is 40.6 Å². The van der Waals surface area contributed by atoms with E-state index in [-0.39, 0.29) is 17.1 Å². The van der Waals surface area contributed by atoms with Crippen molar-refractivity contribution in [3.05, 3.63) is 50.8 Å². The maximum absolute atomic E-state index is 12.0. The summed E-state index contributed by atoms with van der Waals surface area (Å²) < 4.78 is 0. The Morgan fingerprint density at radius 1 is 1.30 bits per heavy atom. The van der Waals surface area contributed by atoms with Crippen molar-refractivity contribution in [3.63, 3.8) is 0 Å². The third-order valence-electron chi connectivity index (χ3n) is 2.72. The Balaban J connectivity index is 2.05. The minimum atomic E-state index is -0.577. The lowest BCUT2D eigenvalue weighted by Gasteiger charge is -2.06. The van der Waals surface area contributed by atoms with Gasteiger partial charge in [0, 0.05) is 22.5 Å². The molecule has 2 rings (SSSR count). The van der Waals surface area contributed by atoms with Crippen molar-refractivity contribution in [2.24, 2.45) is 0 Å². The molecule has 7 nitrogen and oxygen atoms in total. The predicted molar refractivity (Wildman–Crippen MR) is 89.0 cm³/mol. The molecule has 1 aromatic heterocycles. The summed E-state index contributed by atoms with van der Waals surface area (Å²) in [4.78, 5) is 30.8. The molecule has 1 aromatic carbocycles. The Hall–Kier alpha value is -2.19. The van der Waals surface area contributed by atoms with Gasteiger partial charge < -0.3 is 5.32 Å². The standard InChI is InChI=1S/C14H13ClN4O3S/c1-8-5-9(2)17-14(16-8)23-7-13(20)18-11-6-10(15)3-4-12(11)19(21)22/h3-6H,7H2,1-2H3,(H,18,20). The van der Waals surface area contributed by atoms with E-state index in [1.54, 1.807) is 0 Å². The Labute approximate surface area is 141 Å². The van der Waals surface area contributed by atoms with Crippen LogP contribution >= 0.6 is 23.4 Å². The number of nitro groups is 1. The molecule has 0 aliphatic heterocycles. The van der Waals surface area contributed by atoms with E-state index >= 15 is 0 Å². The molecule has 1 N–H and O–H groups in total. The Bertz CT molecular complexity index is 749. The van der Waals surface area contributed by atoms with E-state index < -0.39 is 10.8 Å². The second-order valence-electron chi connectivity index (χ2n) is 4.69. The predicted octanol–water partition coefficient (Wildman–Crippen LogP) is 3.39. The van der Waals surface area contributed by atoms with Gasteiger partial charge in [-0.15, -0.1) is 0 Å². The van der Waals surface area contributed by atoms with Crippen molar-refractivity contribution in [3.8, 4) is 0 Å². The summed E-state index contributed by atoms with van der Waals surface area (Å²) in [6.07, 6.45) is 0. The molecule has 0 bridgehead atoms. The maximum Gasteiger partial charge on any atom is 0.292 e. The Kier molecular flexibility index (Phi) is 5.51. The summed E-state index contributed by atoms with van der Waals surface area (Å²) in [5.41, 5.74) is 1.47. The fourth-order valence-corrected chi connectivity index (χ4v) is 2.76. The lowest BCUT2D eigenvalue weighted by Crippen LogP contribution is -2.15.